The first-order chi connectivity index (χ1) is 7.68. The lowest BCUT2D eigenvalue weighted by molar-refractivity contribution is 0.317. The summed E-state index contributed by atoms with van der Waals surface area (Å²) < 4.78 is 14.5. The fourth-order valence-electron chi connectivity index (χ4n) is 2.23. The molecule has 0 unspecified atom stereocenters. The number of piperidine rings is 1. The van der Waals surface area contributed by atoms with Crippen molar-refractivity contribution in [1.29, 1.82) is 0 Å². The van der Waals surface area contributed by atoms with E-state index in [0.29, 0.717) is 11.5 Å². The molecule has 1 aliphatic heterocycles. The minimum atomic E-state index is -0.200. The standard InChI is InChI=1S/C12H16BrFN2.ClH/c13-9-1-2-11(14)10(7-9)12(15)8-3-5-16-6-4-8;/h1-2,7-8,12,16H,3-6,15H2;1H/t12-;/m1./s1. The molecule has 2 rings (SSSR count). The van der Waals surface area contributed by atoms with Crippen LogP contribution in [0.1, 0.15) is 24.4 Å². The molecule has 17 heavy (non-hydrogen) atoms. The van der Waals surface area contributed by atoms with Crippen molar-refractivity contribution in [3.05, 3.63) is 34.1 Å². The molecule has 1 saturated heterocycles. The van der Waals surface area contributed by atoms with Crippen LogP contribution >= 0.6 is 28.3 Å². The molecule has 0 aromatic heterocycles. The summed E-state index contributed by atoms with van der Waals surface area (Å²) >= 11 is 3.35. The molecular weight excluding hydrogens is 307 g/mol. The zero-order valence-corrected chi connectivity index (χ0v) is 11.9. The third-order valence-electron chi connectivity index (χ3n) is 3.21. The van der Waals surface area contributed by atoms with Crippen LogP contribution in [-0.2, 0) is 0 Å². The van der Waals surface area contributed by atoms with E-state index in [-0.39, 0.29) is 24.3 Å². The second-order valence-corrected chi connectivity index (χ2v) is 5.19. The Hall–Kier alpha value is -0.160. The van der Waals surface area contributed by atoms with Crippen molar-refractivity contribution in [3.63, 3.8) is 0 Å². The molecule has 3 N–H and O–H groups in total. The Balaban J connectivity index is 0.00000144. The summed E-state index contributed by atoms with van der Waals surface area (Å²) in [5, 5.41) is 3.29. The van der Waals surface area contributed by atoms with Gasteiger partial charge < -0.3 is 11.1 Å². The van der Waals surface area contributed by atoms with Gasteiger partial charge in [0.25, 0.3) is 0 Å². The van der Waals surface area contributed by atoms with Gasteiger partial charge >= 0.3 is 0 Å². The van der Waals surface area contributed by atoms with Crippen molar-refractivity contribution < 1.29 is 4.39 Å². The quantitative estimate of drug-likeness (QED) is 0.878. The van der Waals surface area contributed by atoms with Gasteiger partial charge in [0.1, 0.15) is 5.82 Å². The molecule has 96 valence electrons. The highest BCUT2D eigenvalue weighted by molar-refractivity contribution is 9.10. The van der Waals surface area contributed by atoms with E-state index in [0.717, 1.165) is 30.4 Å². The Morgan fingerprint density at radius 1 is 1.35 bits per heavy atom. The molecule has 1 aliphatic rings. The topological polar surface area (TPSA) is 38.0 Å². The summed E-state index contributed by atoms with van der Waals surface area (Å²) in [4.78, 5) is 0. The van der Waals surface area contributed by atoms with Crippen molar-refractivity contribution in [2.45, 2.75) is 18.9 Å². The van der Waals surface area contributed by atoms with Crippen molar-refractivity contribution in [3.8, 4) is 0 Å². The number of hydrogen-bond acceptors (Lipinski definition) is 2. The van der Waals surface area contributed by atoms with Crippen LogP contribution in [0.4, 0.5) is 4.39 Å². The van der Waals surface area contributed by atoms with E-state index >= 15 is 0 Å². The number of halogens is 3. The average molecular weight is 324 g/mol. The van der Waals surface area contributed by atoms with Gasteiger partial charge in [0.2, 0.25) is 0 Å². The molecule has 0 amide bonds. The van der Waals surface area contributed by atoms with Gasteiger partial charge in [0.05, 0.1) is 0 Å². The molecule has 0 aliphatic carbocycles. The maximum Gasteiger partial charge on any atom is 0.128 e. The largest absolute Gasteiger partial charge is 0.324 e. The third-order valence-corrected chi connectivity index (χ3v) is 3.70. The smallest absolute Gasteiger partial charge is 0.128 e. The second-order valence-electron chi connectivity index (χ2n) is 4.28. The molecule has 1 atom stereocenters. The average Bonchev–Trinajstić information content (AvgIpc) is 2.32. The SMILES string of the molecule is Cl.N[C@@H](c1cc(Br)ccc1F)C1CCNCC1. The summed E-state index contributed by atoms with van der Waals surface area (Å²) in [7, 11) is 0. The lowest BCUT2D eigenvalue weighted by Gasteiger charge is -2.28. The Bertz CT molecular complexity index is 370. The summed E-state index contributed by atoms with van der Waals surface area (Å²) in [5.74, 6) is 0.180. The fourth-order valence-corrected chi connectivity index (χ4v) is 2.61. The first-order valence-corrected chi connectivity index (χ1v) is 6.39. The Morgan fingerprint density at radius 3 is 2.65 bits per heavy atom. The maximum absolute atomic E-state index is 13.7. The second kappa shape index (κ2) is 6.69. The van der Waals surface area contributed by atoms with Gasteiger partial charge in [-0.1, -0.05) is 15.9 Å². The molecule has 0 radical (unpaired) electrons. The van der Waals surface area contributed by atoms with Gasteiger partial charge in [-0.05, 0) is 50.0 Å². The normalized spacial score (nSPS) is 18.5. The fraction of sp³-hybridized carbons (Fsp3) is 0.500. The number of benzene rings is 1. The predicted octanol–water partition coefficient (Wildman–Crippen LogP) is 3.01. The monoisotopic (exact) mass is 322 g/mol. The number of nitrogens with one attached hydrogen (secondary N) is 1. The maximum atomic E-state index is 13.7. The molecular formula is C12H17BrClFN2. The molecule has 5 heteroatoms. The van der Waals surface area contributed by atoms with Crippen LogP contribution in [0, 0.1) is 11.7 Å². The van der Waals surface area contributed by atoms with Gasteiger partial charge in [0.15, 0.2) is 0 Å². The lowest BCUT2D eigenvalue weighted by atomic mass is 9.86. The first-order valence-electron chi connectivity index (χ1n) is 5.59. The summed E-state index contributed by atoms with van der Waals surface area (Å²) in [6, 6.07) is 4.77. The highest BCUT2D eigenvalue weighted by Crippen LogP contribution is 2.29. The molecule has 1 heterocycles. The first kappa shape index (κ1) is 14.9. The van der Waals surface area contributed by atoms with Gasteiger partial charge in [-0.3, -0.25) is 0 Å². The number of hydrogen-bond donors (Lipinski definition) is 2. The minimum absolute atomic E-state index is 0. The van der Waals surface area contributed by atoms with Crippen molar-refractivity contribution in [2.75, 3.05) is 13.1 Å². The highest BCUT2D eigenvalue weighted by atomic mass is 79.9. The van der Waals surface area contributed by atoms with Gasteiger partial charge in [-0.2, -0.15) is 0 Å². The molecule has 0 saturated carbocycles. The molecule has 0 bridgehead atoms. The Kier molecular flexibility index (Phi) is 5.86. The van der Waals surface area contributed by atoms with Crippen LogP contribution in [-0.4, -0.2) is 13.1 Å². The van der Waals surface area contributed by atoms with Crippen LogP contribution < -0.4 is 11.1 Å². The van der Waals surface area contributed by atoms with E-state index in [4.69, 9.17) is 5.73 Å². The van der Waals surface area contributed by atoms with Crippen molar-refractivity contribution in [2.24, 2.45) is 11.7 Å². The minimum Gasteiger partial charge on any atom is -0.324 e. The van der Waals surface area contributed by atoms with Crippen LogP contribution in [0.3, 0.4) is 0 Å². The van der Waals surface area contributed by atoms with E-state index in [1.54, 1.807) is 12.1 Å². The zero-order chi connectivity index (χ0) is 11.5. The van der Waals surface area contributed by atoms with E-state index in [1.807, 2.05) is 0 Å². The molecule has 0 spiro atoms. The van der Waals surface area contributed by atoms with Crippen LogP contribution in [0.15, 0.2) is 22.7 Å². The Labute approximate surface area is 116 Å². The van der Waals surface area contributed by atoms with E-state index < -0.39 is 0 Å². The van der Waals surface area contributed by atoms with Crippen LogP contribution in [0.25, 0.3) is 0 Å². The summed E-state index contributed by atoms with van der Waals surface area (Å²) in [5.41, 5.74) is 6.78. The zero-order valence-electron chi connectivity index (χ0n) is 9.46. The number of rotatable bonds is 2. The van der Waals surface area contributed by atoms with Crippen LogP contribution in [0.5, 0.6) is 0 Å². The highest BCUT2D eigenvalue weighted by Gasteiger charge is 2.23. The van der Waals surface area contributed by atoms with Gasteiger partial charge in [0, 0.05) is 16.1 Å². The summed E-state index contributed by atoms with van der Waals surface area (Å²) in [6.45, 7) is 1.96. The third kappa shape index (κ3) is 3.65. The summed E-state index contributed by atoms with van der Waals surface area (Å²) in [6.07, 6.45) is 2.04. The van der Waals surface area contributed by atoms with E-state index in [9.17, 15) is 4.39 Å². The molecule has 2 nitrogen and oxygen atoms in total. The molecule has 1 aromatic carbocycles. The molecule has 1 aromatic rings. The Morgan fingerprint density at radius 2 is 2.00 bits per heavy atom. The predicted molar refractivity (Wildman–Crippen MR) is 73.9 cm³/mol. The number of nitrogens with two attached hydrogens (primary N) is 1. The van der Waals surface area contributed by atoms with Gasteiger partial charge in [-0.15, -0.1) is 12.4 Å². The van der Waals surface area contributed by atoms with Crippen molar-refractivity contribution in [1.82, 2.24) is 5.32 Å². The van der Waals surface area contributed by atoms with E-state index in [2.05, 4.69) is 21.2 Å². The lowest BCUT2D eigenvalue weighted by Crippen LogP contribution is -2.34. The molecule has 1 fully saturated rings. The van der Waals surface area contributed by atoms with Gasteiger partial charge in [-0.25, -0.2) is 4.39 Å². The van der Waals surface area contributed by atoms with E-state index in [1.165, 1.54) is 6.07 Å². The van der Waals surface area contributed by atoms with Crippen molar-refractivity contribution >= 4 is 28.3 Å². The van der Waals surface area contributed by atoms with Crippen LogP contribution in [0.2, 0.25) is 0 Å².